The molecule has 0 radical (unpaired) electrons. The lowest BCUT2D eigenvalue weighted by Crippen LogP contribution is -2.87. The van der Waals surface area contributed by atoms with Gasteiger partial charge in [0.1, 0.15) is 6.10 Å². The minimum atomic E-state index is -2.21. The summed E-state index contributed by atoms with van der Waals surface area (Å²) in [5.41, 5.74) is -2.84. The van der Waals surface area contributed by atoms with Crippen LogP contribution in [-0.2, 0) is 14.3 Å². The van der Waals surface area contributed by atoms with Crippen LogP contribution in [0.2, 0.25) is 0 Å². The number of rotatable bonds is 4. The fourth-order valence-corrected chi connectivity index (χ4v) is 8.49. The van der Waals surface area contributed by atoms with Gasteiger partial charge in [-0.1, -0.05) is 34.3 Å². The number of carbonyl (C=O) groups is 1. The van der Waals surface area contributed by atoms with Crippen LogP contribution in [-0.4, -0.2) is 63.2 Å². The van der Waals surface area contributed by atoms with Crippen molar-refractivity contribution < 1.29 is 34.7 Å². The number of ketones is 1. The number of aliphatic hydroxyl groups is 4. The molecule has 6 rings (SSSR count). The van der Waals surface area contributed by atoms with Crippen LogP contribution in [0.1, 0.15) is 59.8 Å². The van der Waals surface area contributed by atoms with Crippen molar-refractivity contribution in [2.45, 2.75) is 90.2 Å². The number of Topliss-reactive ketones (excluding diaryl/α,β-unsaturated/α-hetero) is 1. The summed E-state index contributed by atoms with van der Waals surface area (Å²) in [6.45, 7) is 12.5. The van der Waals surface area contributed by atoms with Crippen LogP contribution in [0.15, 0.2) is 12.2 Å². The summed E-state index contributed by atoms with van der Waals surface area (Å²) >= 11 is 0. The van der Waals surface area contributed by atoms with Crippen molar-refractivity contribution in [1.82, 2.24) is 0 Å². The molecule has 10 unspecified atom stereocenters. The van der Waals surface area contributed by atoms with Crippen molar-refractivity contribution in [3.8, 4) is 0 Å². The first-order valence-electron chi connectivity index (χ1n) is 12.1. The minimum absolute atomic E-state index is 0.264. The number of fused-ring (bicyclic) bond motifs is 2. The molecule has 2 saturated heterocycles. The number of aliphatic hydroxyl groups excluding tert-OH is 3. The van der Waals surface area contributed by atoms with Crippen LogP contribution >= 0.6 is 0 Å². The van der Waals surface area contributed by atoms with Crippen molar-refractivity contribution >= 4 is 5.78 Å². The SMILES string of the molecule is C=C1C(=O)C23CC1CC(O)C2C12C(O)CCC(C)(C)C1C(O)C3(O)OC2OCCC(C)C. The third-order valence-corrected chi connectivity index (χ3v) is 9.77. The molecule has 10 atom stereocenters. The van der Waals surface area contributed by atoms with Crippen molar-refractivity contribution in [3.63, 3.8) is 0 Å². The zero-order valence-corrected chi connectivity index (χ0v) is 19.6. The first-order chi connectivity index (χ1) is 14.9. The Morgan fingerprint density at radius 1 is 1.22 bits per heavy atom. The van der Waals surface area contributed by atoms with Crippen LogP contribution in [0.5, 0.6) is 0 Å². The van der Waals surface area contributed by atoms with Gasteiger partial charge in [0.2, 0.25) is 5.79 Å². The Morgan fingerprint density at radius 2 is 1.91 bits per heavy atom. The molecule has 7 nitrogen and oxygen atoms in total. The normalized spacial score (nSPS) is 53.5. The molecule has 32 heavy (non-hydrogen) atoms. The number of allylic oxidation sites excluding steroid dienone is 1. The molecule has 7 heteroatoms. The molecule has 4 saturated carbocycles. The summed E-state index contributed by atoms with van der Waals surface area (Å²) in [6, 6.07) is 0. The Labute approximate surface area is 189 Å². The van der Waals surface area contributed by atoms with E-state index in [-0.39, 0.29) is 18.1 Å². The Kier molecular flexibility index (Phi) is 4.92. The van der Waals surface area contributed by atoms with Gasteiger partial charge >= 0.3 is 0 Å². The van der Waals surface area contributed by atoms with Crippen LogP contribution < -0.4 is 0 Å². The monoisotopic (exact) mass is 450 g/mol. The molecule has 0 aromatic carbocycles. The average Bonchev–Trinajstić information content (AvgIpc) is 2.89. The summed E-state index contributed by atoms with van der Waals surface area (Å²) in [5.74, 6) is -3.83. The molecule has 0 aromatic heterocycles. The van der Waals surface area contributed by atoms with Gasteiger partial charge in [0, 0.05) is 11.8 Å². The van der Waals surface area contributed by atoms with E-state index in [1.165, 1.54) is 0 Å². The molecule has 6 fully saturated rings. The molecule has 2 heterocycles. The van der Waals surface area contributed by atoms with E-state index in [0.29, 0.717) is 37.4 Å². The highest BCUT2D eigenvalue weighted by Gasteiger charge is 2.88. The predicted molar refractivity (Wildman–Crippen MR) is 115 cm³/mol. The molecular formula is C25H38O7. The molecule has 4 N–H and O–H groups in total. The van der Waals surface area contributed by atoms with Crippen LogP contribution in [0.3, 0.4) is 0 Å². The maximum absolute atomic E-state index is 13.7. The fraction of sp³-hybridized carbons (Fsp3) is 0.880. The van der Waals surface area contributed by atoms with Gasteiger partial charge in [0.25, 0.3) is 0 Å². The van der Waals surface area contributed by atoms with Crippen LogP contribution in [0.4, 0.5) is 0 Å². The van der Waals surface area contributed by atoms with E-state index in [0.717, 1.165) is 6.42 Å². The Bertz CT molecular complexity index is 838. The third-order valence-electron chi connectivity index (χ3n) is 9.77. The second-order valence-corrected chi connectivity index (χ2v) is 12.2. The van der Waals surface area contributed by atoms with E-state index in [9.17, 15) is 25.2 Å². The maximum Gasteiger partial charge on any atom is 0.208 e. The van der Waals surface area contributed by atoms with E-state index in [1.54, 1.807) is 0 Å². The molecule has 2 spiro atoms. The number of carbonyl (C=O) groups excluding carboxylic acids is 1. The summed E-state index contributed by atoms with van der Waals surface area (Å²) < 4.78 is 12.4. The van der Waals surface area contributed by atoms with E-state index >= 15 is 0 Å². The lowest BCUT2D eigenvalue weighted by molar-refractivity contribution is -0.510. The smallest absolute Gasteiger partial charge is 0.208 e. The second kappa shape index (κ2) is 6.86. The molecule has 6 aliphatic rings. The topological polar surface area (TPSA) is 116 Å². The Hall–Kier alpha value is -0.830. The molecule has 0 aromatic rings. The van der Waals surface area contributed by atoms with E-state index < -0.39 is 58.5 Å². The van der Waals surface area contributed by atoms with Crippen molar-refractivity contribution in [3.05, 3.63) is 12.2 Å². The first-order valence-corrected chi connectivity index (χ1v) is 12.1. The molecular weight excluding hydrogens is 412 g/mol. The van der Waals surface area contributed by atoms with Gasteiger partial charge in [-0.05, 0) is 54.9 Å². The van der Waals surface area contributed by atoms with Gasteiger partial charge < -0.3 is 29.9 Å². The zero-order valence-electron chi connectivity index (χ0n) is 19.6. The van der Waals surface area contributed by atoms with Gasteiger partial charge in [0.15, 0.2) is 12.1 Å². The second-order valence-electron chi connectivity index (χ2n) is 12.2. The quantitative estimate of drug-likeness (QED) is 0.482. The van der Waals surface area contributed by atoms with Gasteiger partial charge in [0.05, 0.1) is 29.6 Å². The highest BCUT2D eigenvalue weighted by Crippen LogP contribution is 2.78. The summed E-state index contributed by atoms with van der Waals surface area (Å²) in [4.78, 5) is 13.7. The van der Waals surface area contributed by atoms with E-state index in [4.69, 9.17) is 9.47 Å². The summed E-state index contributed by atoms with van der Waals surface area (Å²) in [7, 11) is 0. The van der Waals surface area contributed by atoms with Crippen molar-refractivity contribution in [2.24, 2.45) is 39.9 Å². The minimum Gasteiger partial charge on any atom is -0.393 e. The molecule has 4 bridgehead atoms. The predicted octanol–water partition coefficient (Wildman–Crippen LogP) is 1.76. The number of ether oxygens (including phenoxy) is 2. The van der Waals surface area contributed by atoms with Crippen LogP contribution in [0.25, 0.3) is 0 Å². The summed E-state index contributed by atoms with van der Waals surface area (Å²) in [6.07, 6.45) is -1.85. The molecule has 4 aliphatic carbocycles. The largest absolute Gasteiger partial charge is 0.393 e. The van der Waals surface area contributed by atoms with Gasteiger partial charge in [-0.2, -0.15) is 0 Å². The van der Waals surface area contributed by atoms with E-state index in [2.05, 4.69) is 20.4 Å². The van der Waals surface area contributed by atoms with Gasteiger partial charge in [-0.25, -0.2) is 0 Å². The van der Waals surface area contributed by atoms with Gasteiger partial charge in [-0.15, -0.1) is 0 Å². The van der Waals surface area contributed by atoms with E-state index in [1.807, 2.05) is 13.8 Å². The van der Waals surface area contributed by atoms with Crippen LogP contribution in [0, 0.1) is 39.9 Å². The van der Waals surface area contributed by atoms with Crippen molar-refractivity contribution in [1.29, 1.82) is 0 Å². The molecule has 2 aliphatic heterocycles. The first kappa shape index (κ1) is 22.9. The third kappa shape index (κ3) is 2.40. The lowest BCUT2D eigenvalue weighted by Gasteiger charge is -2.76. The zero-order chi connectivity index (χ0) is 23.4. The Morgan fingerprint density at radius 3 is 2.56 bits per heavy atom. The Balaban J connectivity index is 1.73. The number of hydrogen-bond acceptors (Lipinski definition) is 7. The van der Waals surface area contributed by atoms with Gasteiger partial charge in [-0.3, -0.25) is 4.79 Å². The summed E-state index contributed by atoms with van der Waals surface area (Å²) in [5, 5.41) is 46.9. The highest BCUT2D eigenvalue weighted by molar-refractivity contribution is 6.04. The average molecular weight is 451 g/mol. The maximum atomic E-state index is 13.7. The van der Waals surface area contributed by atoms with Crippen molar-refractivity contribution in [2.75, 3.05) is 6.61 Å². The standard InChI is InChI=1S/C25H38O7/c1-12(2)7-9-31-21-24-16(27)6-8-22(4,5)18(24)20(29)25(30,32-21)23-11-14(13(3)19(23)28)10-15(26)17(23)24/h12,14-18,20-21,26-27,29-30H,3,6-11H2,1-2,4-5H3. The lowest BCUT2D eigenvalue weighted by atomic mass is 9.35. The number of hydrogen-bond donors (Lipinski definition) is 4. The molecule has 180 valence electrons. The highest BCUT2D eigenvalue weighted by atomic mass is 16.8. The molecule has 0 amide bonds. The fourth-order valence-electron chi connectivity index (χ4n) is 8.49.